The third kappa shape index (κ3) is 5.81. The summed E-state index contributed by atoms with van der Waals surface area (Å²) in [6.07, 6.45) is 1.19. The molecule has 0 aliphatic heterocycles. The third-order valence-corrected chi connectivity index (χ3v) is 4.12. The number of carbonyl (C=O) groups is 1. The summed E-state index contributed by atoms with van der Waals surface area (Å²) in [7, 11) is 0. The minimum atomic E-state index is 0.00580. The standard InChI is InChI=1S/C22H25N5O/c1-3-23-20-15-21(25-16(2)24-20)26-18-10-12-19(13-11-18)27-22(28)14-9-17-7-5-4-6-8-17/h4-8,10-13,15H,3,9,14H2,1-2H3,(H,27,28)(H2,23,24,25,26). The monoisotopic (exact) mass is 375 g/mol. The lowest BCUT2D eigenvalue weighted by Gasteiger charge is -2.10. The van der Waals surface area contributed by atoms with Crippen LogP contribution < -0.4 is 16.0 Å². The van der Waals surface area contributed by atoms with E-state index >= 15 is 0 Å². The average Bonchev–Trinajstić information content (AvgIpc) is 2.69. The molecule has 3 rings (SSSR count). The summed E-state index contributed by atoms with van der Waals surface area (Å²) in [4.78, 5) is 20.9. The number of rotatable bonds is 8. The second-order valence-corrected chi connectivity index (χ2v) is 6.45. The molecule has 1 amide bonds. The Morgan fingerprint density at radius 2 is 1.61 bits per heavy atom. The van der Waals surface area contributed by atoms with E-state index in [1.165, 1.54) is 0 Å². The molecule has 0 fully saturated rings. The molecule has 0 unspecified atom stereocenters. The summed E-state index contributed by atoms with van der Waals surface area (Å²) >= 11 is 0. The van der Waals surface area contributed by atoms with Gasteiger partial charge in [-0.25, -0.2) is 9.97 Å². The third-order valence-electron chi connectivity index (χ3n) is 4.12. The van der Waals surface area contributed by atoms with Crippen molar-refractivity contribution >= 4 is 28.9 Å². The highest BCUT2D eigenvalue weighted by Crippen LogP contribution is 2.20. The molecular weight excluding hydrogens is 350 g/mol. The fraction of sp³-hybridized carbons (Fsp3) is 0.227. The van der Waals surface area contributed by atoms with Crippen LogP contribution in [0.1, 0.15) is 24.7 Å². The second-order valence-electron chi connectivity index (χ2n) is 6.45. The number of hydrogen-bond donors (Lipinski definition) is 3. The van der Waals surface area contributed by atoms with E-state index < -0.39 is 0 Å². The Kier molecular flexibility index (Phi) is 6.57. The van der Waals surface area contributed by atoms with E-state index in [0.717, 1.165) is 41.5 Å². The maximum Gasteiger partial charge on any atom is 0.224 e. The van der Waals surface area contributed by atoms with Gasteiger partial charge in [-0.2, -0.15) is 0 Å². The normalized spacial score (nSPS) is 10.4. The summed E-state index contributed by atoms with van der Waals surface area (Å²) in [5.74, 6) is 2.22. The summed E-state index contributed by atoms with van der Waals surface area (Å²) in [6.45, 7) is 4.69. The van der Waals surface area contributed by atoms with Crippen LogP contribution in [0.3, 0.4) is 0 Å². The zero-order valence-corrected chi connectivity index (χ0v) is 16.2. The number of benzene rings is 2. The molecule has 3 N–H and O–H groups in total. The lowest BCUT2D eigenvalue weighted by atomic mass is 10.1. The minimum Gasteiger partial charge on any atom is -0.370 e. The molecule has 0 aliphatic carbocycles. The van der Waals surface area contributed by atoms with Gasteiger partial charge in [0.25, 0.3) is 0 Å². The molecule has 0 saturated carbocycles. The lowest BCUT2D eigenvalue weighted by Crippen LogP contribution is -2.12. The number of nitrogens with zero attached hydrogens (tertiary/aromatic N) is 2. The van der Waals surface area contributed by atoms with Crippen LogP contribution in [-0.2, 0) is 11.2 Å². The molecule has 0 aliphatic rings. The van der Waals surface area contributed by atoms with Gasteiger partial charge in [0, 0.05) is 30.4 Å². The van der Waals surface area contributed by atoms with Crippen molar-refractivity contribution in [1.29, 1.82) is 0 Å². The van der Waals surface area contributed by atoms with Crippen molar-refractivity contribution in [3.63, 3.8) is 0 Å². The van der Waals surface area contributed by atoms with Gasteiger partial charge in [0.2, 0.25) is 5.91 Å². The van der Waals surface area contributed by atoms with Gasteiger partial charge in [0.15, 0.2) is 0 Å². The highest BCUT2D eigenvalue weighted by atomic mass is 16.1. The maximum absolute atomic E-state index is 12.1. The van der Waals surface area contributed by atoms with Gasteiger partial charge in [-0.1, -0.05) is 30.3 Å². The highest BCUT2D eigenvalue weighted by Gasteiger charge is 2.05. The number of carbonyl (C=O) groups excluding carboxylic acids is 1. The molecule has 1 heterocycles. The Bertz CT molecular complexity index is 910. The van der Waals surface area contributed by atoms with Gasteiger partial charge in [-0.3, -0.25) is 4.79 Å². The Labute approximate surface area is 165 Å². The van der Waals surface area contributed by atoms with Crippen molar-refractivity contribution in [2.45, 2.75) is 26.7 Å². The predicted octanol–water partition coefficient (Wildman–Crippen LogP) is 4.53. The van der Waals surface area contributed by atoms with Crippen LogP contribution in [0.4, 0.5) is 23.0 Å². The van der Waals surface area contributed by atoms with Gasteiger partial charge in [-0.05, 0) is 50.1 Å². The number of hydrogen-bond acceptors (Lipinski definition) is 5. The summed E-state index contributed by atoms with van der Waals surface area (Å²) in [5, 5.41) is 9.39. The topological polar surface area (TPSA) is 78.9 Å². The van der Waals surface area contributed by atoms with Gasteiger partial charge in [0.1, 0.15) is 17.5 Å². The largest absolute Gasteiger partial charge is 0.370 e. The molecule has 1 aromatic heterocycles. The maximum atomic E-state index is 12.1. The van der Waals surface area contributed by atoms with Crippen molar-refractivity contribution < 1.29 is 4.79 Å². The van der Waals surface area contributed by atoms with E-state index in [1.54, 1.807) is 0 Å². The van der Waals surface area contributed by atoms with Gasteiger partial charge in [0.05, 0.1) is 0 Å². The molecule has 2 aromatic carbocycles. The lowest BCUT2D eigenvalue weighted by molar-refractivity contribution is -0.116. The molecule has 0 radical (unpaired) electrons. The zero-order valence-electron chi connectivity index (χ0n) is 16.2. The molecule has 0 saturated heterocycles. The van der Waals surface area contributed by atoms with Crippen molar-refractivity contribution in [3.8, 4) is 0 Å². The van der Waals surface area contributed by atoms with E-state index in [2.05, 4.69) is 25.9 Å². The minimum absolute atomic E-state index is 0.00580. The van der Waals surface area contributed by atoms with Crippen LogP contribution in [-0.4, -0.2) is 22.4 Å². The predicted molar refractivity (Wildman–Crippen MR) is 114 cm³/mol. The summed E-state index contributed by atoms with van der Waals surface area (Å²) in [6, 6.07) is 19.5. The van der Waals surface area contributed by atoms with E-state index in [0.29, 0.717) is 12.2 Å². The smallest absolute Gasteiger partial charge is 0.224 e. The van der Waals surface area contributed by atoms with Crippen LogP contribution in [0.15, 0.2) is 60.7 Å². The van der Waals surface area contributed by atoms with Gasteiger partial charge in [-0.15, -0.1) is 0 Å². The molecule has 6 nitrogen and oxygen atoms in total. The van der Waals surface area contributed by atoms with Crippen molar-refractivity contribution in [3.05, 3.63) is 72.1 Å². The summed E-state index contributed by atoms with van der Waals surface area (Å²) < 4.78 is 0. The van der Waals surface area contributed by atoms with Gasteiger partial charge < -0.3 is 16.0 Å². The van der Waals surface area contributed by atoms with Crippen LogP contribution in [0, 0.1) is 6.92 Å². The van der Waals surface area contributed by atoms with Crippen LogP contribution in [0.2, 0.25) is 0 Å². The number of anilines is 4. The van der Waals surface area contributed by atoms with E-state index in [9.17, 15) is 4.79 Å². The fourth-order valence-electron chi connectivity index (χ4n) is 2.81. The number of amides is 1. The molecule has 3 aromatic rings. The molecule has 6 heteroatoms. The molecule has 144 valence electrons. The van der Waals surface area contributed by atoms with Crippen molar-refractivity contribution in [1.82, 2.24) is 9.97 Å². The zero-order chi connectivity index (χ0) is 19.8. The molecule has 28 heavy (non-hydrogen) atoms. The SMILES string of the molecule is CCNc1cc(Nc2ccc(NC(=O)CCc3ccccc3)cc2)nc(C)n1. The van der Waals surface area contributed by atoms with Crippen LogP contribution >= 0.6 is 0 Å². The second kappa shape index (κ2) is 9.50. The van der Waals surface area contributed by atoms with Crippen LogP contribution in [0.25, 0.3) is 0 Å². The Morgan fingerprint density at radius 3 is 2.32 bits per heavy atom. The first kappa shape index (κ1) is 19.4. The molecule has 0 spiro atoms. The Hall–Kier alpha value is -3.41. The highest BCUT2D eigenvalue weighted by molar-refractivity contribution is 5.91. The molecular formula is C22H25N5O. The number of aryl methyl sites for hydroxylation is 2. The summed E-state index contributed by atoms with van der Waals surface area (Å²) in [5.41, 5.74) is 2.83. The van der Waals surface area contributed by atoms with Crippen LogP contribution in [0.5, 0.6) is 0 Å². The van der Waals surface area contributed by atoms with E-state index in [-0.39, 0.29) is 5.91 Å². The Morgan fingerprint density at radius 1 is 0.929 bits per heavy atom. The van der Waals surface area contributed by atoms with Crippen molar-refractivity contribution in [2.75, 3.05) is 22.5 Å². The first-order chi connectivity index (χ1) is 13.6. The fourth-order valence-corrected chi connectivity index (χ4v) is 2.81. The quantitative estimate of drug-likeness (QED) is 0.539. The first-order valence-corrected chi connectivity index (χ1v) is 9.43. The van der Waals surface area contributed by atoms with Gasteiger partial charge >= 0.3 is 0 Å². The molecule has 0 bridgehead atoms. The first-order valence-electron chi connectivity index (χ1n) is 9.43. The number of aromatic nitrogens is 2. The van der Waals surface area contributed by atoms with E-state index in [1.807, 2.05) is 74.5 Å². The molecule has 0 atom stereocenters. The Balaban J connectivity index is 1.55. The average molecular weight is 375 g/mol. The van der Waals surface area contributed by atoms with E-state index in [4.69, 9.17) is 0 Å². The number of nitrogens with one attached hydrogen (secondary N) is 3. The van der Waals surface area contributed by atoms with Crippen molar-refractivity contribution in [2.24, 2.45) is 0 Å².